The maximum Gasteiger partial charge on any atom is 0.315 e. The second-order valence-electron chi connectivity index (χ2n) is 23.7. The first-order valence-electron chi connectivity index (χ1n) is 31.6. The molecule has 2 saturated heterocycles. The minimum atomic E-state index is -1.75. The van der Waals surface area contributed by atoms with Crippen molar-refractivity contribution in [1.82, 2.24) is 78.1 Å². The molecule has 32 heteroatoms. The number of carbonyl (C=O) groups is 11. The number of aromatic nitrogens is 5. The maximum atomic E-state index is 14.9. The zero-order chi connectivity index (χ0) is 67.1. The number of nitrogens with zero attached hydrogens (tertiary/aromatic N) is 3. The summed E-state index contributed by atoms with van der Waals surface area (Å²) in [6.07, 6.45) is 7.26. The second-order valence-corrected chi connectivity index (χ2v) is 25.0. The van der Waals surface area contributed by atoms with Crippen molar-refractivity contribution in [3.63, 3.8) is 0 Å². The highest BCUT2D eigenvalue weighted by Crippen LogP contribution is 2.33. The lowest BCUT2D eigenvalue weighted by molar-refractivity contribution is -0.136. The Morgan fingerprint density at radius 3 is 2.00 bits per heavy atom. The molecule has 0 spiro atoms. The van der Waals surface area contributed by atoms with Crippen LogP contribution in [0.2, 0.25) is 0 Å². The molecule has 12 amide bonds. The van der Waals surface area contributed by atoms with Crippen molar-refractivity contribution >= 4 is 98.7 Å². The van der Waals surface area contributed by atoms with Gasteiger partial charge in [0.15, 0.2) is 0 Å². The maximum absolute atomic E-state index is 14.9. The van der Waals surface area contributed by atoms with E-state index in [4.69, 9.17) is 25.7 Å². The summed E-state index contributed by atoms with van der Waals surface area (Å²) in [5.41, 5.74) is 14.2. The summed E-state index contributed by atoms with van der Waals surface area (Å²) < 4.78 is 18.3. The van der Waals surface area contributed by atoms with Crippen molar-refractivity contribution in [3.05, 3.63) is 83.9 Å². The number of urea groups is 1. The number of hydrogen-bond donors (Lipinski definition) is 14. The van der Waals surface area contributed by atoms with E-state index in [1.165, 1.54) is 4.68 Å². The van der Waals surface area contributed by atoms with Crippen LogP contribution in [0, 0.1) is 5.92 Å². The van der Waals surface area contributed by atoms with Crippen LogP contribution in [-0.2, 0) is 88.0 Å². The predicted molar refractivity (Wildman–Crippen MR) is 343 cm³/mol. The fourth-order valence-electron chi connectivity index (χ4n) is 11.3. The van der Waals surface area contributed by atoms with Crippen LogP contribution in [0.3, 0.4) is 0 Å². The van der Waals surface area contributed by atoms with E-state index >= 15 is 0 Å². The summed E-state index contributed by atoms with van der Waals surface area (Å²) in [7, 11) is 0. The van der Waals surface area contributed by atoms with Crippen LogP contribution < -0.4 is 64.6 Å². The first-order chi connectivity index (χ1) is 45.3. The molecule has 0 aliphatic carbocycles. The van der Waals surface area contributed by atoms with Gasteiger partial charge in [-0.3, -0.25) is 52.6 Å². The zero-order valence-corrected chi connectivity index (χ0v) is 53.4. The fourth-order valence-corrected chi connectivity index (χ4v) is 12.9. The third-order valence-corrected chi connectivity index (χ3v) is 17.8. The van der Waals surface area contributed by atoms with Gasteiger partial charge in [0.1, 0.15) is 42.9 Å². The van der Waals surface area contributed by atoms with E-state index in [1.807, 2.05) is 23.9 Å². The minimum absolute atomic E-state index is 0.0237. The number of unbranched alkanes of at least 4 members (excludes halogenated alkanes) is 1. The summed E-state index contributed by atoms with van der Waals surface area (Å²) in [6, 6.07) is 6.00. The molecule has 94 heavy (non-hydrogen) atoms. The van der Waals surface area contributed by atoms with Gasteiger partial charge in [0.2, 0.25) is 59.1 Å². The van der Waals surface area contributed by atoms with Gasteiger partial charge in [0.05, 0.1) is 63.8 Å². The summed E-state index contributed by atoms with van der Waals surface area (Å²) >= 11 is 1.84. The lowest BCUT2D eigenvalue weighted by Gasteiger charge is -2.27. The van der Waals surface area contributed by atoms with Crippen LogP contribution in [0.1, 0.15) is 82.0 Å². The van der Waals surface area contributed by atoms with E-state index in [-0.39, 0.29) is 95.0 Å². The highest BCUT2D eigenvalue weighted by Gasteiger charge is 2.43. The molecule has 2 bridgehead atoms. The molecule has 8 unspecified atom stereocenters. The van der Waals surface area contributed by atoms with E-state index in [0.29, 0.717) is 64.0 Å². The van der Waals surface area contributed by atoms with Crippen LogP contribution in [0.4, 0.5) is 4.79 Å². The van der Waals surface area contributed by atoms with E-state index < -0.39 is 115 Å². The number of aryl methyl sites for hydroxylation is 1. The number of para-hydroxylation sites is 2. The zero-order valence-electron chi connectivity index (χ0n) is 52.6. The largest absolute Gasteiger partial charge is 0.377 e. The van der Waals surface area contributed by atoms with Crippen LogP contribution in [0.25, 0.3) is 21.8 Å². The number of primary amides is 2. The average molecular weight is 1320 g/mol. The molecule has 508 valence electrons. The van der Waals surface area contributed by atoms with Crippen LogP contribution in [0.5, 0.6) is 0 Å². The fraction of sp³-hybridized carbons (Fsp3) is 0.532. The summed E-state index contributed by atoms with van der Waals surface area (Å²) in [5, 5.41) is 37.4. The van der Waals surface area contributed by atoms with Gasteiger partial charge in [-0.15, -0.1) is 5.10 Å². The molecule has 3 aromatic heterocycles. The topological polar surface area (TPSA) is 450 Å². The minimum Gasteiger partial charge on any atom is -0.377 e. The molecule has 0 saturated carbocycles. The number of hydrogen-bond acceptors (Lipinski definition) is 17. The van der Waals surface area contributed by atoms with Crippen LogP contribution >= 0.6 is 11.8 Å². The molecule has 16 N–H and O–H groups in total. The van der Waals surface area contributed by atoms with Crippen molar-refractivity contribution in [1.29, 1.82) is 0 Å². The number of nitrogens with one attached hydrogen (secondary N) is 12. The van der Waals surface area contributed by atoms with Gasteiger partial charge in [-0.2, -0.15) is 11.8 Å². The summed E-state index contributed by atoms with van der Waals surface area (Å²) in [5.74, 6) is -7.54. The number of benzene rings is 2. The molecule has 3 aliphatic rings. The molecule has 2 fully saturated rings. The third-order valence-electron chi connectivity index (χ3n) is 16.3. The standard InChI is InChI=1S/C62H85N17O14S/c1-35(2)54-61(89)68-31-52(82)69-43(56(64)84)15-9-10-19-79-32-38(77-78-79)27-46(70-53(83)33-93-24-23-92-22-21-91-20-18-65-51(81)17-8-7-16-49-55-48(34-94-49)74-62(90)76-55)58(86)71-44(25-36-29-66-41-13-5-3-11-39(36)41)57(85)73-47(28-50(63)80)59(87)72-45(60(88)75-54)26-37-30-67-42-14-6-4-12-40(37)42/h3-6,11-14,29-30,32,35,43-49,54-55,66-67H,7-10,15-28,31,33-34H2,1-2H3,(H2,63,80)(H2,64,84)(H,65,81)(H,68,89)(H,69,82)(H,70,83)(H,71,86)(H,72,87)(H,73,85)(H,75,88)(H2,74,76,90)/t43?,44?,45?,46?,47?,48?,49-,54?,55?/m1/s1. The number of nitrogens with two attached hydrogens (primary N) is 2. The Hall–Kier alpha value is -9.14. The van der Waals surface area contributed by atoms with Gasteiger partial charge in [-0.05, 0) is 61.3 Å². The van der Waals surface area contributed by atoms with Gasteiger partial charge < -0.3 is 88.8 Å². The Balaban J connectivity index is 0.933. The van der Waals surface area contributed by atoms with Crippen molar-refractivity contribution in [2.75, 3.05) is 58.5 Å². The van der Waals surface area contributed by atoms with Gasteiger partial charge in [0, 0.05) is 90.2 Å². The van der Waals surface area contributed by atoms with Gasteiger partial charge in [-0.1, -0.05) is 61.9 Å². The average Bonchev–Trinajstić information content (AvgIpc) is 1.67. The molecule has 8 rings (SSSR count). The number of amides is 12. The van der Waals surface area contributed by atoms with Gasteiger partial charge >= 0.3 is 6.03 Å². The van der Waals surface area contributed by atoms with E-state index in [2.05, 4.69) is 73.4 Å². The van der Waals surface area contributed by atoms with E-state index in [0.717, 1.165) is 25.0 Å². The van der Waals surface area contributed by atoms with Crippen molar-refractivity contribution in [2.45, 2.75) is 145 Å². The SMILES string of the molecule is CC(C)C1NC(=O)C(Cc2c[nH]c3ccccc23)NC(=O)C(CC(N)=O)NC(=O)C(Cc2c[nH]c3ccccc23)NC(=O)C(NC(=O)COCCOCCOCCNC(=O)CCCC[C@H]2SCC3NC(=O)NC32)Cc2cn(nn2)CCCCC(C(N)=O)NC(=O)CNC1=O. The number of rotatable bonds is 25. The first kappa shape index (κ1) is 70.7. The molecular weight excluding hydrogens is 1240 g/mol. The Labute approximate surface area is 546 Å². The highest BCUT2D eigenvalue weighted by atomic mass is 32.2. The van der Waals surface area contributed by atoms with Crippen molar-refractivity contribution in [3.8, 4) is 0 Å². The monoisotopic (exact) mass is 1320 g/mol. The van der Waals surface area contributed by atoms with Crippen molar-refractivity contribution in [2.24, 2.45) is 17.4 Å². The Kier molecular flexibility index (Phi) is 26.5. The lowest BCUT2D eigenvalue weighted by Crippen LogP contribution is -2.61. The Morgan fingerprint density at radius 1 is 0.702 bits per heavy atom. The molecule has 0 radical (unpaired) electrons. The number of aromatic amines is 2. The van der Waals surface area contributed by atoms with Gasteiger partial charge in [0.25, 0.3) is 0 Å². The Bertz CT molecular complexity index is 3470. The number of H-pyrrole nitrogens is 2. The van der Waals surface area contributed by atoms with Gasteiger partial charge in [-0.25, -0.2) is 4.79 Å². The van der Waals surface area contributed by atoms with E-state index in [1.54, 1.807) is 68.8 Å². The molecule has 2 aromatic carbocycles. The Morgan fingerprint density at radius 2 is 1.33 bits per heavy atom. The number of thioether (sulfide) groups is 1. The lowest BCUT2D eigenvalue weighted by atomic mass is 10.00. The number of fused-ring (bicyclic) bond motifs is 5. The van der Waals surface area contributed by atoms with E-state index in [9.17, 15) is 52.7 Å². The third kappa shape index (κ3) is 21.2. The number of ether oxygens (including phenoxy) is 3. The molecule has 31 nitrogen and oxygen atoms in total. The summed E-state index contributed by atoms with van der Waals surface area (Å²) in [6.45, 7) is 3.52. The molecule has 6 heterocycles. The normalized spacial score (nSPS) is 23.0. The van der Waals surface area contributed by atoms with Crippen LogP contribution in [-0.4, -0.2) is 202 Å². The smallest absolute Gasteiger partial charge is 0.315 e. The predicted octanol–water partition coefficient (Wildman–Crippen LogP) is -1.61. The molecule has 5 aromatic rings. The van der Waals surface area contributed by atoms with Crippen molar-refractivity contribution < 1.29 is 67.0 Å². The molecular formula is C62H85N17O14S. The molecule has 9 atom stereocenters. The summed E-state index contributed by atoms with van der Waals surface area (Å²) in [4.78, 5) is 155. The molecule has 3 aliphatic heterocycles. The second kappa shape index (κ2) is 35.2. The first-order valence-corrected chi connectivity index (χ1v) is 32.7. The number of carbonyl (C=O) groups excluding carboxylic acids is 11. The quantitative estimate of drug-likeness (QED) is 0.0231. The highest BCUT2D eigenvalue weighted by molar-refractivity contribution is 8.00. The van der Waals surface area contributed by atoms with Crippen LogP contribution in [0.15, 0.2) is 67.1 Å².